The number of rotatable bonds is 7. The van der Waals surface area contributed by atoms with Crippen molar-refractivity contribution < 1.29 is 9.47 Å². The molecule has 1 rings (SSSR count). The van der Waals surface area contributed by atoms with Gasteiger partial charge in [0.1, 0.15) is 5.75 Å². The first-order chi connectivity index (χ1) is 8.17. The highest BCUT2D eigenvalue weighted by Gasteiger charge is 2.10. The lowest BCUT2D eigenvalue weighted by Crippen LogP contribution is -2.17. The molecule has 3 heteroatoms. The van der Waals surface area contributed by atoms with Gasteiger partial charge in [-0.3, -0.25) is 0 Å². The van der Waals surface area contributed by atoms with Gasteiger partial charge < -0.3 is 15.2 Å². The van der Waals surface area contributed by atoms with E-state index in [1.807, 2.05) is 24.3 Å². The van der Waals surface area contributed by atoms with Gasteiger partial charge >= 0.3 is 0 Å². The van der Waals surface area contributed by atoms with Crippen LogP contribution in [0.1, 0.15) is 31.9 Å². The van der Waals surface area contributed by atoms with Gasteiger partial charge in [0.2, 0.25) is 0 Å². The van der Waals surface area contributed by atoms with Crippen molar-refractivity contribution in [1.29, 1.82) is 0 Å². The molecular weight excluding hydrogens is 214 g/mol. The van der Waals surface area contributed by atoms with Gasteiger partial charge in [0.25, 0.3) is 0 Å². The van der Waals surface area contributed by atoms with Crippen molar-refractivity contribution in [2.75, 3.05) is 20.3 Å². The fourth-order valence-corrected chi connectivity index (χ4v) is 1.56. The molecule has 1 aromatic carbocycles. The lowest BCUT2D eigenvalue weighted by atomic mass is 10.1. The van der Waals surface area contributed by atoms with E-state index in [1.54, 1.807) is 7.11 Å². The third-order valence-corrected chi connectivity index (χ3v) is 2.72. The minimum absolute atomic E-state index is 0.0142. The van der Waals surface area contributed by atoms with E-state index >= 15 is 0 Å². The molecule has 0 fully saturated rings. The van der Waals surface area contributed by atoms with E-state index in [0.717, 1.165) is 24.3 Å². The van der Waals surface area contributed by atoms with Crippen LogP contribution in [0.4, 0.5) is 0 Å². The van der Waals surface area contributed by atoms with Crippen LogP contribution in [0.3, 0.4) is 0 Å². The molecule has 96 valence electrons. The highest BCUT2D eigenvalue weighted by molar-refractivity contribution is 5.28. The highest BCUT2D eigenvalue weighted by atomic mass is 16.5. The second kappa shape index (κ2) is 7.30. The molecule has 0 aliphatic rings. The van der Waals surface area contributed by atoms with E-state index in [-0.39, 0.29) is 6.10 Å². The van der Waals surface area contributed by atoms with Gasteiger partial charge in [-0.1, -0.05) is 26.0 Å². The van der Waals surface area contributed by atoms with E-state index in [2.05, 4.69) is 13.8 Å². The largest absolute Gasteiger partial charge is 0.497 e. The van der Waals surface area contributed by atoms with Crippen LogP contribution in [-0.4, -0.2) is 20.3 Å². The summed E-state index contributed by atoms with van der Waals surface area (Å²) in [5, 5.41) is 0. The zero-order chi connectivity index (χ0) is 12.7. The minimum Gasteiger partial charge on any atom is -0.497 e. The maximum Gasteiger partial charge on any atom is 0.118 e. The fourth-order valence-electron chi connectivity index (χ4n) is 1.56. The number of ether oxygens (including phenoxy) is 2. The van der Waals surface area contributed by atoms with E-state index in [0.29, 0.717) is 12.5 Å². The van der Waals surface area contributed by atoms with Crippen LogP contribution < -0.4 is 10.5 Å². The number of methoxy groups -OCH3 is 1. The smallest absolute Gasteiger partial charge is 0.118 e. The topological polar surface area (TPSA) is 44.5 Å². The highest BCUT2D eigenvalue weighted by Crippen LogP contribution is 2.20. The van der Waals surface area contributed by atoms with Crippen LogP contribution in [0, 0.1) is 5.92 Å². The number of hydrogen-bond donors (Lipinski definition) is 1. The van der Waals surface area contributed by atoms with E-state index in [1.165, 1.54) is 0 Å². The van der Waals surface area contributed by atoms with Crippen molar-refractivity contribution in [2.45, 2.75) is 26.4 Å². The predicted octanol–water partition coefficient (Wildman–Crippen LogP) is 2.76. The lowest BCUT2D eigenvalue weighted by molar-refractivity contribution is 0.0515. The molecule has 0 saturated carbocycles. The number of nitrogens with two attached hydrogens (primary N) is 1. The average Bonchev–Trinajstić information content (AvgIpc) is 2.34. The molecule has 0 spiro atoms. The molecule has 0 heterocycles. The average molecular weight is 237 g/mol. The van der Waals surface area contributed by atoms with Crippen LogP contribution in [0.15, 0.2) is 24.3 Å². The number of benzene rings is 1. The van der Waals surface area contributed by atoms with Gasteiger partial charge in [-0.05, 0) is 30.0 Å². The van der Waals surface area contributed by atoms with Crippen LogP contribution in [0.5, 0.6) is 5.75 Å². The first-order valence-corrected chi connectivity index (χ1v) is 6.13. The van der Waals surface area contributed by atoms with E-state index < -0.39 is 0 Å². The van der Waals surface area contributed by atoms with Crippen molar-refractivity contribution >= 4 is 0 Å². The Morgan fingerprint density at radius 2 is 1.82 bits per heavy atom. The summed E-state index contributed by atoms with van der Waals surface area (Å²) in [4.78, 5) is 0. The summed E-state index contributed by atoms with van der Waals surface area (Å²) in [7, 11) is 1.66. The van der Waals surface area contributed by atoms with Crippen molar-refractivity contribution in [2.24, 2.45) is 11.7 Å². The molecule has 0 radical (unpaired) electrons. The van der Waals surface area contributed by atoms with Gasteiger partial charge in [-0.25, -0.2) is 0 Å². The Hall–Kier alpha value is -1.06. The predicted molar refractivity (Wildman–Crippen MR) is 70.2 cm³/mol. The van der Waals surface area contributed by atoms with Crippen molar-refractivity contribution in [3.05, 3.63) is 29.8 Å². The first-order valence-electron chi connectivity index (χ1n) is 6.13. The Balaban J connectivity index is 2.53. The van der Waals surface area contributed by atoms with Crippen molar-refractivity contribution in [3.8, 4) is 5.75 Å². The molecule has 0 bridgehead atoms. The molecule has 17 heavy (non-hydrogen) atoms. The Kier molecular flexibility index (Phi) is 6.01. The first kappa shape index (κ1) is 14.0. The Morgan fingerprint density at radius 1 is 1.18 bits per heavy atom. The standard InChI is InChI=1S/C14H23NO2/c1-11(2)8-9-17-14(10-15)12-4-6-13(16-3)7-5-12/h4-7,11,14H,8-10,15H2,1-3H3. The Bertz CT molecular complexity index is 309. The maximum atomic E-state index is 5.80. The van der Waals surface area contributed by atoms with Crippen molar-refractivity contribution in [1.82, 2.24) is 0 Å². The van der Waals surface area contributed by atoms with Crippen LogP contribution in [-0.2, 0) is 4.74 Å². The third-order valence-electron chi connectivity index (χ3n) is 2.72. The van der Waals surface area contributed by atoms with Crippen LogP contribution in [0.2, 0.25) is 0 Å². The normalized spacial score (nSPS) is 12.8. The molecule has 3 nitrogen and oxygen atoms in total. The van der Waals surface area contributed by atoms with Gasteiger partial charge in [0.15, 0.2) is 0 Å². The Morgan fingerprint density at radius 3 is 2.29 bits per heavy atom. The molecule has 1 atom stereocenters. The maximum absolute atomic E-state index is 5.80. The molecular formula is C14H23NO2. The summed E-state index contributed by atoms with van der Waals surface area (Å²) in [6.07, 6.45) is 1.05. The second-order valence-electron chi connectivity index (χ2n) is 4.55. The van der Waals surface area contributed by atoms with E-state index in [9.17, 15) is 0 Å². The number of hydrogen-bond acceptors (Lipinski definition) is 3. The van der Waals surface area contributed by atoms with Crippen molar-refractivity contribution in [3.63, 3.8) is 0 Å². The summed E-state index contributed by atoms with van der Waals surface area (Å²) < 4.78 is 10.9. The second-order valence-corrected chi connectivity index (χ2v) is 4.55. The summed E-state index contributed by atoms with van der Waals surface area (Å²) in [6.45, 7) is 5.64. The molecule has 0 saturated heterocycles. The zero-order valence-electron chi connectivity index (χ0n) is 11.0. The van der Waals surface area contributed by atoms with Gasteiger partial charge in [-0.15, -0.1) is 0 Å². The quantitative estimate of drug-likeness (QED) is 0.793. The van der Waals surface area contributed by atoms with E-state index in [4.69, 9.17) is 15.2 Å². The molecule has 0 aliphatic carbocycles. The lowest BCUT2D eigenvalue weighted by Gasteiger charge is -2.17. The summed E-state index contributed by atoms with van der Waals surface area (Å²) in [5.74, 6) is 1.51. The molecule has 0 aliphatic heterocycles. The SMILES string of the molecule is COc1ccc(C(CN)OCCC(C)C)cc1. The van der Waals surface area contributed by atoms with Gasteiger partial charge in [0, 0.05) is 13.2 Å². The van der Waals surface area contributed by atoms with Crippen LogP contribution >= 0.6 is 0 Å². The van der Waals surface area contributed by atoms with Crippen LogP contribution in [0.25, 0.3) is 0 Å². The summed E-state index contributed by atoms with van der Waals surface area (Å²) >= 11 is 0. The molecule has 0 aromatic heterocycles. The fraction of sp³-hybridized carbons (Fsp3) is 0.571. The van der Waals surface area contributed by atoms with Gasteiger partial charge in [-0.2, -0.15) is 0 Å². The van der Waals surface area contributed by atoms with Gasteiger partial charge in [0.05, 0.1) is 13.2 Å². The zero-order valence-corrected chi connectivity index (χ0v) is 11.0. The summed E-state index contributed by atoms with van der Waals surface area (Å²) in [5.41, 5.74) is 6.84. The molecule has 1 aromatic rings. The minimum atomic E-state index is -0.0142. The molecule has 0 amide bonds. The Labute approximate surface area is 104 Å². The molecule has 2 N–H and O–H groups in total. The summed E-state index contributed by atoms with van der Waals surface area (Å²) in [6, 6.07) is 7.88. The monoisotopic (exact) mass is 237 g/mol. The molecule has 1 unspecified atom stereocenters. The third kappa shape index (κ3) is 4.75.